The Labute approximate surface area is 126 Å². The van der Waals surface area contributed by atoms with E-state index in [1.807, 2.05) is 0 Å². The van der Waals surface area contributed by atoms with Crippen molar-refractivity contribution in [3.05, 3.63) is 29.6 Å². The van der Waals surface area contributed by atoms with Gasteiger partial charge in [0, 0.05) is 19.1 Å². The van der Waals surface area contributed by atoms with Gasteiger partial charge in [-0.3, -0.25) is 4.90 Å². The van der Waals surface area contributed by atoms with Gasteiger partial charge in [-0.25, -0.2) is 4.39 Å². The topological polar surface area (TPSA) is 33.7 Å². The van der Waals surface area contributed by atoms with Gasteiger partial charge in [-0.2, -0.15) is 0 Å². The first kappa shape index (κ1) is 16.2. The number of hydrogen-bond acceptors (Lipinski definition) is 4. The predicted molar refractivity (Wildman–Crippen MR) is 81.2 cm³/mol. The molecule has 1 fully saturated rings. The van der Waals surface area contributed by atoms with Crippen LogP contribution in [0.3, 0.4) is 0 Å². The molecule has 0 radical (unpaired) electrons. The van der Waals surface area contributed by atoms with Crippen LogP contribution in [-0.2, 0) is 4.74 Å². The standard InChI is InChI=1S/C16H25FN2O2/c1-13(14-4-5-15(17)16(12-14)20-2)18-6-3-7-19-8-10-21-11-9-19/h4-5,12-13,18H,3,6-11H2,1-2H3. The largest absolute Gasteiger partial charge is 0.494 e. The highest BCUT2D eigenvalue weighted by molar-refractivity contribution is 5.31. The molecule has 1 aliphatic heterocycles. The molecular weight excluding hydrogens is 271 g/mol. The lowest BCUT2D eigenvalue weighted by atomic mass is 10.1. The van der Waals surface area contributed by atoms with Crippen LogP contribution in [0.15, 0.2) is 18.2 Å². The van der Waals surface area contributed by atoms with Crippen molar-refractivity contribution in [2.75, 3.05) is 46.5 Å². The van der Waals surface area contributed by atoms with Gasteiger partial charge in [-0.1, -0.05) is 6.07 Å². The summed E-state index contributed by atoms with van der Waals surface area (Å²) >= 11 is 0. The third kappa shape index (κ3) is 4.95. The lowest BCUT2D eigenvalue weighted by Crippen LogP contribution is -2.37. The van der Waals surface area contributed by atoms with Crippen molar-refractivity contribution in [2.24, 2.45) is 0 Å². The van der Waals surface area contributed by atoms with Crippen LogP contribution in [0, 0.1) is 5.82 Å². The normalized spacial score (nSPS) is 17.7. The van der Waals surface area contributed by atoms with Crippen molar-refractivity contribution >= 4 is 0 Å². The molecule has 0 amide bonds. The molecule has 0 spiro atoms. The van der Waals surface area contributed by atoms with Gasteiger partial charge in [0.2, 0.25) is 0 Å². The van der Waals surface area contributed by atoms with Crippen molar-refractivity contribution in [3.8, 4) is 5.75 Å². The van der Waals surface area contributed by atoms with E-state index >= 15 is 0 Å². The van der Waals surface area contributed by atoms with E-state index < -0.39 is 0 Å². The third-order valence-electron chi connectivity index (χ3n) is 3.88. The number of halogens is 1. The van der Waals surface area contributed by atoms with Crippen LogP contribution in [0.2, 0.25) is 0 Å². The summed E-state index contributed by atoms with van der Waals surface area (Å²) in [6.45, 7) is 7.88. The average molecular weight is 296 g/mol. The molecule has 1 heterocycles. The van der Waals surface area contributed by atoms with Crippen LogP contribution in [-0.4, -0.2) is 51.4 Å². The third-order valence-corrected chi connectivity index (χ3v) is 3.88. The number of methoxy groups -OCH3 is 1. The summed E-state index contributed by atoms with van der Waals surface area (Å²) < 4.78 is 23.7. The smallest absolute Gasteiger partial charge is 0.165 e. The molecule has 21 heavy (non-hydrogen) atoms. The van der Waals surface area contributed by atoms with Gasteiger partial charge in [0.1, 0.15) is 0 Å². The summed E-state index contributed by atoms with van der Waals surface area (Å²) in [5.74, 6) is -0.0183. The van der Waals surface area contributed by atoms with Gasteiger partial charge < -0.3 is 14.8 Å². The summed E-state index contributed by atoms with van der Waals surface area (Å²) in [7, 11) is 1.49. The number of benzene rings is 1. The summed E-state index contributed by atoms with van der Waals surface area (Å²) in [6.07, 6.45) is 1.10. The van der Waals surface area contributed by atoms with Gasteiger partial charge in [-0.15, -0.1) is 0 Å². The molecule has 1 unspecified atom stereocenters. The van der Waals surface area contributed by atoms with Crippen LogP contribution < -0.4 is 10.1 Å². The van der Waals surface area contributed by atoms with Gasteiger partial charge in [0.25, 0.3) is 0 Å². The van der Waals surface area contributed by atoms with Crippen molar-refractivity contribution in [1.82, 2.24) is 10.2 Å². The number of ether oxygens (including phenoxy) is 2. The fraction of sp³-hybridized carbons (Fsp3) is 0.625. The van der Waals surface area contributed by atoms with Crippen molar-refractivity contribution in [1.29, 1.82) is 0 Å². The average Bonchev–Trinajstić information content (AvgIpc) is 2.53. The first-order valence-corrected chi connectivity index (χ1v) is 7.57. The van der Waals surface area contributed by atoms with Gasteiger partial charge >= 0.3 is 0 Å². The predicted octanol–water partition coefficient (Wildman–Crippen LogP) is 2.21. The SMILES string of the molecule is COc1cc(C(C)NCCCN2CCOCC2)ccc1F. The number of nitrogens with zero attached hydrogens (tertiary/aromatic N) is 1. The highest BCUT2D eigenvalue weighted by Gasteiger charge is 2.11. The van der Waals surface area contributed by atoms with E-state index in [1.54, 1.807) is 12.1 Å². The van der Waals surface area contributed by atoms with E-state index in [1.165, 1.54) is 13.2 Å². The molecule has 1 saturated heterocycles. The highest BCUT2D eigenvalue weighted by Crippen LogP contribution is 2.22. The Balaban J connectivity index is 1.72. The number of rotatable bonds is 7. The zero-order valence-corrected chi connectivity index (χ0v) is 12.9. The minimum absolute atomic E-state index is 0.184. The summed E-state index contributed by atoms with van der Waals surface area (Å²) in [6, 6.07) is 5.20. The van der Waals surface area contributed by atoms with Gasteiger partial charge in [0.15, 0.2) is 11.6 Å². The molecule has 1 atom stereocenters. The number of morpholine rings is 1. The van der Waals surface area contributed by atoms with Crippen molar-refractivity contribution in [3.63, 3.8) is 0 Å². The fourth-order valence-corrected chi connectivity index (χ4v) is 2.51. The zero-order valence-electron chi connectivity index (χ0n) is 12.9. The highest BCUT2D eigenvalue weighted by atomic mass is 19.1. The van der Waals surface area contributed by atoms with E-state index in [0.29, 0.717) is 5.75 Å². The molecule has 0 aliphatic carbocycles. The Hall–Kier alpha value is -1.17. The fourth-order valence-electron chi connectivity index (χ4n) is 2.51. The monoisotopic (exact) mass is 296 g/mol. The molecule has 118 valence electrons. The lowest BCUT2D eigenvalue weighted by molar-refractivity contribution is 0.0374. The molecule has 1 aromatic rings. The Bertz CT molecular complexity index is 436. The molecule has 2 rings (SSSR count). The molecule has 4 nitrogen and oxygen atoms in total. The second kappa shape index (κ2) is 8.32. The summed E-state index contributed by atoms with van der Waals surface area (Å²) in [5.41, 5.74) is 1.04. The summed E-state index contributed by atoms with van der Waals surface area (Å²) in [4.78, 5) is 2.43. The maximum atomic E-state index is 13.4. The molecule has 0 aromatic heterocycles. The van der Waals surface area contributed by atoms with Crippen LogP contribution >= 0.6 is 0 Å². The second-order valence-corrected chi connectivity index (χ2v) is 5.38. The Morgan fingerprint density at radius 1 is 1.38 bits per heavy atom. The maximum absolute atomic E-state index is 13.4. The van der Waals surface area contributed by atoms with Crippen molar-refractivity contribution in [2.45, 2.75) is 19.4 Å². The van der Waals surface area contributed by atoms with E-state index in [-0.39, 0.29) is 11.9 Å². The van der Waals surface area contributed by atoms with E-state index in [9.17, 15) is 4.39 Å². The van der Waals surface area contributed by atoms with Crippen LogP contribution in [0.4, 0.5) is 4.39 Å². The molecule has 5 heteroatoms. The Morgan fingerprint density at radius 3 is 2.86 bits per heavy atom. The van der Waals surface area contributed by atoms with Gasteiger partial charge in [0.05, 0.1) is 20.3 Å². The molecular formula is C16H25FN2O2. The van der Waals surface area contributed by atoms with Crippen LogP contribution in [0.1, 0.15) is 24.9 Å². The van der Waals surface area contributed by atoms with E-state index in [0.717, 1.165) is 51.4 Å². The molecule has 1 aliphatic rings. The second-order valence-electron chi connectivity index (χ2n) is 5.38. The van der Waals surface area contributed by atoms with Crippen molar-refractivity contribution < 1.29 is 13.9 Å². The molecule has 1 aromatic carbocycles. The van der Waals surface area contributed by atoms with E-state index in [4.69, 9.17) is 9.47 Å². The van der Waals surface area contributed by atoms with E-state index in [2.05, 4.69) is 17.1 Å². The maximum Gasteiger partial charge on any atom is 0.165 e. The molecule has 1 N–H and O–H groups in total. The first-order chi connectivity index (χ1) is 10.2. The Kier molecular flexibility index (Phi) is 6.42. The lowest BCUT2D eigenvalue weighted by Gasteiger charge is -2.26. The zero-order chi connectivity index (χ0) is 15.1. The Morgan fingerprint density at radius 2 is 2.14 bits per heavy atom. The number of nitrogens with one attached hydrogen (secondary N) is 1. The van der Waals surface area contributed by atoms with Crippen LogP contribution in [0.25, 0.3) is 0 Å². The molecule has 0 bridgehead atoms. The summed E-state index contributed by atoms with van der Waals surface area (Å²) in [5, 5.41) is 3.47. The number of hydrogen-bond donors (Lipinski definition) is 1. The minimum Gasteiger partial charge on any atom is -0.494 e. The van der Waals surface area contributed by atoms with Crippen LogP contribution in [0.5, 0.6) is 5.75 Å². The minimum atomic E-state index is -0.319. The quantitative estimate of drug-likeness (QED) is 0.782. The first-order valence-electron chi connectivity index (χ1n) is 7.57. The van der Waals surface area contributed by atoms with Gasteiger partial charge in [-0.05, 0) is 44.1 Å². The molecule has 0 saturated carbocycles.